The maximum absolute atomic E-state index is 11.0. The second-order valence-electron chi connectivity index (χ2n) is 4.19. The van der Waals surface area contributed by atoms with E-state index in [2.05, 4.69) is 5.10 Å². The molecular weight excluding hydrogens is 282 g/mol. The summed E-state index contributed by atoms with van der Waals surface area (Å²) in [4.78, 5) is 10.5. The number of alkyl halides is 1. The number of hydrogen-bond donors (Lipinski definition) is 0. The van der Waals surface area contributed by atoms with Crippen LogP contribution in [0, 0.1) is 10.1 Å². The molecule has 7 heteroatoms. The summed E-state index contributed by atoms with van der Waals surface area (Å²) in [5.41, 5.74) is 1.57. The Labute approximate surface area is 121 Å². The highest BCUT2D eigenvalue weighted by molar-refractivity contribution is 6.17. The molecule has 0 aliphatic rings. The van der Waals surface area contributed by atoms with Gasteiger partial charge in [-0.1, -0.05) is 6.07 Å². The summed E-state index contributed by atoms with van der Waals surface area (Å²) in [5.74, 6) is 0.500. The molecule has 0 amide bonds. The third-order valence-electron chi connectivity index (χ3n) is 2.78. The number of nitro benzene ring substituents is 1. The van der Waals surface area contributed by atoms with E-state index in [0.717, 1.165) is 17.7 Å². The van der Waals surface area contributed by atoms with Crippen LogP contribution in [0.2, 0.25) is 0 Å². The Morgan fingerprint density at radius 2 is 2.25 bits per heavy atom. The molecule has 0 saturated heterocycles. The summed E-state index contributed by atoms with van der Waals surface area (Å²) in [6, 6.07) is 4.62. The number of benzene rings is 1. The van der Waals surface area contributed by atoms with Gasteiger partial charge in [0.05, 0.1) is 11.1 Å². The second-order valence-corrected chi connectivity index (χ2v) is 4.45. The number of ether oxygens (including phenoxy) is 1. The average Bonchev–Trinajstić information content (AvgIpc) is 2.92. The molecule has 0 aliphatic carbocycles. The third kappa shape index (κ3) is 3.27. The fourth-order valence-corrected chi connectivity index (χ4v) is 1.89. The minimum Gasteiger partial charge on any atom is -0.482 e. The highest BCUT2D eigenvalue weighted by Gasteiger charge is 2.15. The van der Waals surface area contributed by atoms with Crippen molar-refractivity contribution in [3.8, 4) is 5.75 Å². The number of hydrogen-bond acceptors (Lipinski definition) is 4. The Kier molecular flexibility index (Phi) is 4.57. The molecule has 0 radical (unpaired) electrons. The molecule has 0 unspecified atom stereocenters. The summed E-state index contributed by atoms with van der Waals surface area (Å²) in [5, 5.41) is 15.1. The molecule has 1 heterocycles. The third-order valence-corrected chi connectivity index (χ3v) is 3.09. The zero-order valence-electron chi connectivity index (χ0n) is 11.0. The molecule has 0 saturated carbocycles. The summed E-state index contributed by atoms with van der Waals surface area (Å²) in [7, 11) is 0. The molecule has 0 spiro atoms. The monoisotopic (exact) mass is 295 g/mol. The SMILES string of the molecule is CCn1cc(COc2cc(CCl)ccc2[N+](=O)[O-])cn1. The Hall–Kier alpha value is -2.08. The maximum Gasteiger partial charge on any atom is 0.310 e. The first-order chi connectivity index (χ1) is 9.63. The van der Waals surface area contributed by atoms with E-state index in [1.807, 2.05) is 13.1 Å². The molecule has 1 aromatic carbocycles. The van der Waals surface area contributed by atoms with Crippen molar-refractivity contribution in [2.24, 2.45) is 0 Å². The van der Waals surface area contributed by atoms with Crippen molar-refractivity contribution in [3.05, 3.63) is 51.8 Å². The lowest BCUT2D eigenvalue weighted by molar-refractivity contribution is -0.386. The summed E-state index contributed by atoms with van der Waals surface area (Å²) < 4.78 is 7.30. The number of aryl methyl sites for hydroxylation is 1. The van der Waals surface area contributed by atoms with Crippen molar-refractivity contribution in [1.82, 2.24) is 9.78 Å². The molecule has 0 aliphatic heterocycles. The number of nitro groups is 1. The lowest BCUT2D eigenvalue weighted by Crippen LogP contribution is -1.99. The molecule has 2 aromatic rings. The zero-order chi connectivity index (χ0) is 14.5. The number of rotatable bonds is 6. The largest absolute Gasteiger partial charge is 0.482 e. The van der Waals surface area contributed by atoms with Gasteiger partial charge in [-0.15, -0.1) is 11.6 Å². The second kappa shape index (κ2) is 6.38. The first-order valence-corrected chi connectivity index (χ1v) is 6.65. The van der Waals surface area contributed by atoms with Crippen LogP contribution >= 0.6 is 11.6 Å². The minimum absolute atomic E-state index is 0.0678. The first-order valence-electron chi connectivity index (χ1n) is 6.11. The van der Waals surface area contributed by atoms with E-state index in [-0.39, 0.29) is 23.9 Å². The smallest absolute Gasteiger partial charge is 0.310 e. The Balaban J connectivity index is 2.16. The van der Waals surface area contributed by atoms with Crippen molar-refractivity contribution in [3.63, 3.8) is 0 Å². The molecule has 2 rings (SSSR count). The van der Waals surface area contributed by atoms with E-state index in [4.69, 9.17) is 16.3 Å². The number of halogens is 1. The Morgan fingerprint density at radius 1 is 1.45 bits per heavy atom. The van der Waals surface area contributed by atoms with Crippen molar-refractivity contribution >= 4 is 17.3 Å². The van der Waals surface area contributed by atoms with E-state index < -0.39 is 4.92 Å². The van der Waals surface area contributed by atoms with Crippen LogP contribution in [0.15, 0.2) is 30.6 Å². The van der Waals surface area contributed by atoms with Crippen molar-refractivity contribution in [1.29, 1.82) is 0 Å². The van der Waals surface area contributed by atoms with Gasteiger partial charge in [-0.3, -0.25) is 14.8 Å². The molecule has 0 fully saturated rings. The fourth-order valence-electron chi connectivity index (χ4n) is 1.72. The number of aromatic nitrogens is 2. The van der Waals surface area contributed by atoms with Crippen molar-refractivity contribution < 1.29 is 9.66 Å². The van der Waals surface area contributed by atoms with Gasteiger partial charge < -0.3 is 4.74 Å². The molecule has 0 N–H and O–H groups in total. The van der Waals surface area contributed by atoms with Gasteiger partial charge in [0.1, 0.15) is 6.61 Å². The van der Waals surface area contributed by atoms with Crippen molar-refractivity contribution in [2.45, 2.75) is 26.0 Å². The van der Waals surface area contributed by atoms with Crippen LogP contribution in [-0.2, 0) is 19.0 Å². The quantitative estimate of drug-likeness (QED) is 0.466. The van der Waals surface area contributed by atoms with E-state index in [0.29, 0.717) is 0 Å². The molecule has 1 aromatic heterocycles. The van der Waals surface area contributed by atoms with E-state index in [9.17, 15) is 10.1 Å². The van der Waals surface area contributed by atoms with Gasteiger partial charge in [0.15, 0.2) is 5.75 Å². The zero-order valence-corrected chi connectivity index (χ0v) is 11.7. The van der Waals surface area contributed by atoms with Crippen LogP contribution in [0.25, 0.3) is 0 Å². The molecule has 106 valence electrons. The van der Waals surface area contributed by atoms with Gasteiger partial charge in [-0.05, 0) is 18.6 Å². The fraction of sp³-hybridized carbons (Fsp3) is 0.308. The van der Waals surface area contributed by atoms with Gasteiger partial charge >= 0.3 is 5.69 Å². The first kappa shape index (κ1) is 14.3. The molecule has 0 bridgehead atoms. The summed E-state index contributed by atoms with van der Waals surface area (Å²) in [6.45, 7) is 2.97. The number of nitrogens with zero attached hydrogens (tertiary/aromatic N) is 3. The standard InChI is InChI=1S/C13H14ClN3O3/c1-2-16-8-11(7-15-16)9-20-13-5-10(6-14)3-4-12(13)17(18)19/h3-5,7-8H,2,6,9H2,1H3. The van der Waals surface area contributed by atoms with Gasteiger partial charge in [0.2, 0.25) is 0 Å². The van der Waals surface area contributed by atoms with Gasteiger partial charge in [0, 0.05) is 30.3 Å². The topological polar surface area (TPSA) is 70.2 Å². The van der Waals surface area contributed by atoms with Crippen LogP contribution in [0.1, 0.15) is 18.1 Å². The van der Waals surface area contributed by atoms with Crippen molar-refractivity contribution in [2.75, 3.05) is 0 Å². The predicted octanol–water partition coefficient (Wildman–Crippen LogP) is 3.13. The molecule has 20 heavy (non-hydrogen) atoms. The lowest BCUT2D eigenvalue weighted by atomic mass is 10.2. The Morgan fingerprint density at radius 3 is 2.85 bits per heavy atom. The molecular formula is C13H14ClN3O3. The highest BCUT2D eigenvalue weighted by atomic mass is 35.5. The Bertz CT molecular complexity index is 613. The summed E-state index contributed by atoms with van der Waals surface area (Å²) in [6.07, 6.45) is 3.53. The predicted molar refractivity (Wildman–Crippen MR) is 74.9 cm³/mol. The average molecular weight is 296 g/mol. The van der Waals surface area contributed by atoms with Crippen LogP contribution in [0.5, 0.6) is 5.75 Å². The maximum atomic E-state index is 11.0. The summed E-state index contributed by atoms with van der Waals surface area (Å²) >= 11 is 5.73. The van der Waals surface area contributed by atoms with E-state index in [1.54, 1.807) is 23.0 Å². The van der Waals surface area contributed by atoms with Crippen LogP contribution < -0.4 is 4.74 Å². The highest BCUT2D eigenvalue weighted by Crippen LogP contribution is 2.29. The van der Waals surface area contributed by atoms with Crippen LogP contribution in [0.4, 0.5) is 5.69 Å². The van der Waals surface area contributed by atoms with E-state index >= 15 is 0 Å². The minimum atomic E-state index is -0.469. The normalized spacial score (nSPS) is 10.5. The van der Waals surface area contributed by atoms with Gasteiger partial charge in [-0.2, -0.15) is 5.10 Å². The lowest BCUT2D eigenvalue weighted by Gasteiger charge is -2.06. The van der Waals surface area contributed by atoms with E-state index in [1.165, 1.54) is 6.07 Å². The molecule has 6 nitrogen and oxygen atoms in total. The van der Waals surface area contributed by atoms with Gasteiger partial charge in [-0.25, -0.2) is 0 Å². The van der Waals surface area contributed by atoms with Gasteiger partial charge in [0.25, 0.3) is 0 Å². The van der Waals surface area contributed by atoms with Crippen LogP contribution in [-0.4, -0.2) is 14.7 Å². The van der Waals surface area contributed by atoms with Crippen LogP contribution in [0.3, 0.4) is 0 Å². The molecule has 0 atom stereocenters.